The van der Waals surface area contributed by atoms with Crippen LogP contribution in [-0.2, 0) is 0 Å². The Bertz CT molecular complexity index is 35.1. The van der Waals surface area contributed by atoms with Crippen molar-refractivity contribution in [1.82, 2.24) is 0 Å². The van der Waals surface area contributed by atoms with E-state index in [0.29, 0.717) is 5.88 Å². The fourth-order valence-corrected chi connectivity index (χ4v) is 0.545. The first-order chi connectivity index (χ1) is 3.27. The summed E-state index contributed by atoms with van der Waals surface area (Å²) in [6, 6.07) is 0. The molecule has 1 unspecified atom stereocenters. The molecule has 0 spiro atoms. The molecule has 0 saturated heterocycles. The zero-order chi connectivity index (χ0) is 5.70. The molecule has 0 aromatic heterocycles. The van der Waals surface area contributed by atoms with Crippen molar-refractivity contribution in [3.63, 3.8) is 0 Å². The van der Waals surface area contributed by atoms with Gasteiger partial charge in [0.1, 0.15) is 0 Å². The van der Waals surface area contributed by atoms with Crippen LogP contribution in [0.3, 0.4) is 0 Å². The Kier molecular flexibility index (Phi) is 5.12. The maximum absolute atomic E-state index is 5.54. The highest BCUT2D eigenvalue weighted by Gasteiger charge is 1.92. The number of hydrogen-bond acceptors (Lipinski definition) is 0. The first-order valence-corrected chi connectivity index (χ1v) is 3.28. The molecule has 0 aromatic carbocycles. The standard InChI is InChI=1S/C5H9Cl2/c1-5(7)3-2-4-6/h3,5H,2,4H2,1H3. The molecule has 1 radical (unpaired) electrons. The van der Waals surface area contributed by atoms with Gasteiger partial charge in [-0.05, 0) is 19.8 Å². The van der Waals surface area contributed by atoms with Crippen molar-refractivity contribution in [2.45, 2.75) is 18.7 Å². The Labute approximate surface area is 54.8 Å². The highest BCUT2D eigenvalue weighted by atomic mass is 35.5. The molecule has 0 fully saturated rings. The maximum atomic E-state index is 5.54. The van der Waals surface area contributed by atoms with Crippen LogP contribution in [0.15, 0.2) is 0 Å². The zero-order valence-corrected chi connectivity index (χ0v) is 5.84. The second-order valence-electron chi connectivity index (χ2n) is 1.39. The van der Waals surface area contributed by atoms with Gasteiger partial charge in [0.25, 0.3) is 0 Å². The van der Waals surface area contributed by atoms with Gasteiger partial charge >= 0.3 is 0 Å². The average Bonchev–Trinajstić information content (AvgIpc) is 1.61. The lowest BCUT2D eigenvalue weighted by Gasteiger charge is -1.95. The fourth-order valence-electron chi connectivity index (χ4n) is 0.293. The lowest BCUT2D eigenvalue weighted by molar-refractivity contribution is 0.983. The summed E-state index contributed by atoms with van der Waals surface area (Å²) in [7, 11) is 0. The van der Waals surface area contributed by atoms with Crippen LogP contribution >= 0.6 is 23.2 Å². The number of halogens is 2. The molecule has 0 aliphatic carbocycles. The predicted molar refractivity (Wildman–Crippen MR) is 35.0 cm³/mol. The monoisotopic (exact) mass is 139 g/mol. The van der Waals surface area contributed by atoms with Crippen molar-refractivity contribution >= 4 is 23.2 Å². The Balaban J connectivity index is 2.68. The SMILES string of the molecule is CC(Cl)[CH]CCCl. The Morgan fingerprint density at radius 3 is 2.43 bits per heavy atom. The number of alkyl halides is 2. The highest BCUT2D eigenvalue weighted by Crippen LogP contribution is 2.01. The van der Waals surface area contributed by atoms with E-state index in [0.717, 1.165) is 6.42 Å². The van der Waals surface area contributed by atoms with Crippen molar-refractivity contribution in [2.24, 2.45) is 0 Å². The van der Waals surface area contributed by atoms with E-state index in [1.165, 1.54) is 0 Å². The lowest BCUT2D eigenvalue weighted by atomic mass is 10.3. The molecule has 0 aliphatic rings. The van der Waals surface area contributed by atoms with E-state index in [2.05, 4.69) is 0 Å². The molecule has 2 heteroatoms. The summed E-state index contributed by atoms with van der Waals surface area (Å²) in [4.78, 5) is 0. The molecule has 0 aromatic rings. The van der Waals surface area contributed by atoms with E-state index in [1.807, 2.05) is 13.3 Å². The number of hydrogen-bond donors (Lipinski definition) is 0. The second-order valence-corrected chi connectivity index (χ2v) is 2.46. The molecule has 0 nitrogen and oxygen atoms in total. The molecule has 43 valence electrons. The first-order valence-electron chi connectivity index (χ1n) is 2.30. The van der Waals surface area contributed by atoms with Gasteiger partial charge in [0.05, 0.1) is 0 Å². The van der Waals surface area contributed by atoms with Crippen LogP contribution in [0.1, 0.15) is 13.3 Å². The van der Waals surface area contributed by atoms with Crippen molar-refractivity contribution < 1.29 is 0 Å². The van der Waals surface area contributed by atoms with Crippen LogP contribution in [0.25, 0.3) is 0 Å². The molecular weight excluding hydrogens is 131 g/mol. The van der Waals surface area contributed by atoms with Gasteiger partial charge in [-0.1, -0.05) is 0 Å². The third-order valence-corrected chi connectivity index (χ3v) is 0.997. The molecule has 7 heavy (non-hydrogen) atoms. The minimum Gasteiger partial charge on any atom is -0.127 e. The summed E-state index contributed by atoms with van der Waals surface area (Å²) in [6.07, 6.45) is 2.89. The van der Waals surface area contributed by atoms with Gasteiger partial charge < -0.3 is 0 Å². The summed E-state index contributed by atoms with van der Waals surface area (Å²) in [5.41, 5.74) is 0. The number of rotatable bonds is 3. The topological polar surface area (TPSA) is 0 Å². The van der Waals surface area contributed by atoms with Crippen LogP contribution < -0.4 is 0 Å². The van der Waals surface area contributed by atoms with Crippen LogP contribution in [0, 0.1) is 6.42 Å². The predicted octanol–water partition coefficient (Wildman–Crippen LogP) is 2.45. The van der Waals surface area contributed by atoms with Crippen molar-refractivity contribution in [1.29, 1.82) is 0 Å². The summed E-state index contributed by atoms with van der Waals surface area (Å²) in [5.74, 6) is 0.678. The van der Waals surface area contributed by atoms with Gasteiger partial charge in [-0.25, -0.2) is 0 Å². The quantitative estimate of drug-likeness (QED) is 0.528. The van der Waals surface area contributed by atoms with E-state index in [9.17, 15) is 0 Å². The van der Waals surface area contributed by atoms with Gasteiger partial charge in [0.2, 0.25) is 0 Å². The lowest BCUT2D eigenvalue weighted by Crippen LogP contribution is -1.90. The fraction of sp³-hybridized carbons (Fsp3) is 0.800. The summed E-state index contributed by atoms with van der Waals surface area (Å²) in [6.45, 7) is 1.92. The minimum atomic E-state index is 0.166. The Morgan fingerprint density at radius 2 is 2.29 bits per heavy atom. The minimum absolute atomic E-state index is 0.166. The normalized spacial score (nSPS) is 14.1. The molecule has 0 N–H and O–H groups in total. The van der Waals surface area contributed by atoms with E-state index < -0.39 is 0 Å². The molecule has 0 rings (SSSR count). The third kappa shape index (κ3) is 6.58. The molecule has 1 atom stereocenters. The van der Waals surface area contributed by atoms with Gasteiger partial charge in [0.15, 0.2) is 0 Å². The van der Waals surface area contributed by atoms with Gasteiger partial charge in [-0.2, -0.15) is 0 Å². The van der Waals surface area contributed by atoms with Crippen molar-refractivity contribution in [3.8, 4) is 0 Å². The molecular formula is C5H9Cl2. The largest absolute Gasteiger partial charge is 0.127 e. The van der Waals surface area contributed by atoms with E-state index in [-0.39, 0.29) is 5.38 Å². The third-order valence-electron chi connectivity index (χ3n) is 0.601. The van der Waals surface area contributed by atoms with Crippen molar-refractivity contribution in [2.75, 3.05) is 5.88 Å². The molecule has 0 heterocycles. The van der Waals surface area contributed by atoms with Crippen molar-refractivity contribution in [3.05, 3.63) is 6.42 Å². The maximum Gasteiger partial charge on any atom is 0.0339 e. The summed E-state index contributed by atoms with van der Waals surface area (Å²) in [5, 5.41) is 0.166. The van der Waals surface area contributed by atoms with Crippen LogP contribution in [0.5, 0.6) is 0 Å². The zero-order valence-electron chi connectivity index (χ0n) is 4.32. The molecule has 0 bridgehead atoms. The first kappa shape index (κ1) is 7.58. The smallest absolute Gasteiger partial charge is 0.0339 e. The van der Waals surface area contributed by atoms with Crippen LogP contribution in [0.4, 0.5) is 0 Å². The average molecular weight is 140 g/mol. The second kappa shape index (κ2) is 4.73. The van der Waals surface area contributed by atoms with Gasteiger partial charge in [-0.3, -0.25) is 0 Å². The van der Waals surface area contributed by atoms with E-state index in [4.69, 9.17) is 23.2 Å². The van der Waals surface area contributed by atoms with Gasteiger partial charge in [-0.15, -0.1) is 23.2 Å². The van der Waals surface area contributed by atoms with Crippen LogP contribution in [0.2, 0.25) is 0 Å². The molecule has 0 amide bonds. The summed E-state index contributed by atoms with van der Waals surface area (Å²) < 4.78 is 0. The Hall–Kier alpha value is 0.580. The summed E-state index contributed by atoms with van der Waals surface area (Å²) >= 11 is 10.9. The molecule has 0 aliphatic heterocycles. The van der Waals surface area contributed by atoms with Gasteiger partial charge in [0, 0.05) is 11.3 Å². The van der Waals surface area contributed by atoms with Crippen LogP contribution in [-0.4, -0.2) is 11.3 Å². The Morgan fingerprint density at radius 1 is 1.71 bits per heavy atom. The molecule has 0 saturated carbocycles. The highest BCUT2D eigenvalue weighted by molar-refractivity contribution is 6.21. The van der Waals surface area contributed by atoms with E-state index >= 15 is 0 Å². The van der Waals surface area contributed by atoms with E-state index in [1.54, 1.807) is 0 Å².